The van der Waals surface area contributed by atoms with Gasteiger partial charge in [-0.1, -0.05) is 23.5 Å². The molecule has 152 valence electrons. The number of thiazole rings is 1. The number of fused-ring (bicyclic) bond motifs is 1. The first-order valence-corrected chi connectivity index (χ1v) is 9.55. The minimum Gasteiger partial charge on any atom is -0.496 e. The van der Waals surface area contributed by atoms with Crippen LogP contribution < -0.4 is 14.3 Å². The van der Waals surface area contributed by atoms with E-state index in [1.165, 1.54) is 24.9 Å². The summed E-state index contributed by atoms with van der Waals surface area (Å²) in [6, 6.07) is 9.44. The van der Waals surface area contributed by atoms with Crippen molar-refractivity contribution in [1.29, 1.82) is 0 Å². The Labute approximate surface area is 170 Å². The topological polar surface area (TPSA) is 79.1 Å². The van der Waals surface area contributed by atoms with Gasteiger partial charge in [-0.15, -0.1) is 0 Å². The van der Waals surface area contributed by atoms with E-state index < -0.39 is 17.7 Å². The number of aromatic nitrogens is 1. The predicted octanol–water partition coefficient (Wildman–Crippen LogP) is 3.16. The van der Waals surface area contributed by atoms with E-state index in [2.05, 4.69) is 4.99 Å². The number of carbonyl (C=O) groups is 2. The maximum atomic E-state index is 14.5. The van der Waals surface area contributed by atoms with Crippen LogP contribution in [0.1, 0.15) is 17.3 Å². The molecule has 0 fully saturated rings. The maximum absolute atomic E-state index is 14.5. The monoisotopic (exact) mass is 418 g/mol. The fourth-order valence-electron chi connectivity index (χ4n) is 2.86. The third-order valence-electron chi connectivity index (χ3n) is 4.08. The number of nitrogens with zero attached hydrogens (tertiary/aromatic N) is 2. The highest BCUT2D eigenvalue weighted by Crippen LogP contribution is 2.29. The van der Waals surface area contributed by atoms with Gasteiger partial charge in [0.25, 0.3) is 5.91 Å². The number of hydrogen-bond donors (Lipinski definition) is 0. The van der Waals surface area contributed by atoms with E-state index in [9.17, 15) is 14.0 Å². The van der Waals surface area contributed by atoms with Gasteiger partial charge in [0.05, 0.1) is 31.0 Å². The molecule has 0 aliphatic heterocycles. The molecule has 0 bridgehead atoms. The summed E-state index contributed by atoms with van der Waals surface area (Å²) in [5.74, 6) is -1.13. The van der Waals surface area contributed by atoms with Crippen LogP contribution in [0.25, 0.3) is 10.2 Å². The summed E-state index contributed by atoms with van der Waals surface area (Å²) < 4.78 is 31.8. The molecule has 2 aromatic carbocycles. The van der Waals surface area contributed by atoms with E-state index in [4.69, 9.17) is 14.2 Å². The first kappa shape index (κ1) is 20.5. The lowest BCUT2D eigenvalue weighted by atomic mass is 10.1. The van der Waals surface area contributed by atoms with Crippen LogP contribution >= 0.6 is 11.3 Å². The van der Waals surface area contributed by atoms with Crippen LogP contribution in [0.3, 0.4) is 0 Å². The van der Waals surface area contributed by atoms with Gasteiger partial charge in [0.15, 0.2) is 4.80 Å². The van der Waals surface area contributed by atoms with Gasteiger partial charge >= 0.3 is 5.97 Å². The second-order valence-electron chi connectivity index (χ2n) is 5.82. The largest absolute Gasteiger partial charge is 0.496 e. The summed E-state index contributed by atoms with van der Waals surface area (Å²) in [7, 11) is 2.86. The van der Waals surface area contributed by atoms with Crippen molar-refractivity contribution in [3.8, 4) is 11.5 Å². The molecule has 29 heavy (non-hydrogen) atoms. The number of hydrogen-bond acceptors (Lipinski definition) is 6. The standard InChI is InChI=1S/C20H19FN2O5S/c1-4-28-16(24)11-23-18-12(21)7-5-10-15(18)29-20(23)22-19(25)17-13(26-2)8-6-9-14(17)27-3/h5-10H,4,11H2,1-3H3. The summed E-state index contributed by atoms with van der Waals surface area (Å²) >= 11 is 1.09. The third-order valence-corrected chi connectivity index (χ3v) is 5.13. The maximum Gasteiger partial charge on any atom is 0.326 e. The fraction of sp³-hybridized carbons (Fsp3) is 0.250. The van der Waals surface area contributed by atoms with E-state index >= 15 is 0 Å². The minimum absolute atomic E-state index is 0.137. The van der Waals surface area contributed by atoms with Gasteiger partial charge in [-0.25, -0.2) is 4.39 Å². The third kappa shape index (κ3) is 4.14. The predicted molar refractivity (Wildman–Crippen MR) is 106 cm³/mol. The van der Waals surface area contributed by atoms with Crippen LogP contribution in [-0.4, -0.2) is 37.3 Å². The molecule has 0 aliphatic carbocycles. The van der Waals surface area contributed by atoms with Crippen molar-refractivity contribution in [1.82, 2.24) is 4.57 Å². The summed E-state index contributed by atoms with van der Waals surface area (Å²) in [5.41, 5.74) is 0.321. The number of methoxy groups -OCH3 is 2. The zero-order valence-electron chi connectivity index (χ0n) is 16.1. The van der Waals surface area contributed by atoms with Crippen LogP contribution in [0.2, 0.25) is 0 Å². The molecule has 0 N–H and O–H groups in total. The highest BCUT2D eigenvalue weighted by Gasteiger charge is 2.20. The van der Waals surface area contributed by atoms with Gasteiger partial charge in [0.1, 0.15) is 29.4 Å². The number of rotatable bonds is 6. The fourth-order valence-corrected chi connectivity index (χ4v) is 3.90. The molecule has 0 radical (unpaired) electrons. The number of amides is 1. The highest BCUT2D eigenvalue weighted by atomic mass is 32.1. The van der Waals surface area contributed by atoms with Gasteiger partial charge < -0.3 is 18.8 Å². The Morgan fingerprint density at radius 1 is 1.10 bits per heavy atom. The van der Waals surface area contributed by atoms with Crippen molar-refractivity contribution in [3.05, 3.63) is 52.6 Å². The van der Waals surface area contributed by atoms with Crippen molar-refractivity contribution in [2.24, 2.45) is 4.99 Å². The summed E-state index contributed by atoms with van der Waals surface area (Å²) in [6.45, 7) is 1.59. The summed E-state index contributed by atoms with van der Waals surface area (Å²) in [4.78, 5) is 29.3. The van der Waals surface area contributed by atoms with Crippen molar-refractivity contribution < 1.29 is 28.2 Å². The lowest BCUT2D eigenvalue weighted by Gasteiger charge is -2.10. The number of benzene rings is 2. The molecule has 3 rings (SSSR count). The first-order valence-electron chi connectivity index (χ1n) is 8.73. The van der Waals surface area contributed by atoms with E-state index in [0.29, 0.717) is 16.2 Å². The van der Waals surface area contributed by atoms with Gasteiger partial charge in [-0.2, -0.15) is 4.99 Å². The average molecular weight is 418 g/mol. The number of halogens is 1. The number of carbonyl (C=O) groups excluding carboxylic acids is 2. The Morgan fingerprint density at radius 3 is 2.38 bits per heavy atom. The Balaban J connectivity index is 2.19. The Morgan fingerprint density at radius 2 is 1.76 bits per heavy atom. The van der Waals surface area contributed by atoms with E-state index in [0.717, 1.165) is 11.3 Å². The second-order valence-corrected chi connectivity index (χ2v) is 6.83. The average Bonchev–Trinajstić information content (AvgIpc) is 3.05. The molecule has 0 aliphatic rings. The molecule has 0 saturated heterocycles. The molecule has 3 aromatic rings. The molecule has 0 saturated carbocycles. The molecule has 0 spiro atoms. The van der Waals surface area contributed by atoms with E-state index in [-0.39, 0.29) is 29.0 Å². The van der Waals surface area contributed by atoms with Gasteiger partial charge in [-0.3, -0.25) is 9.59 Å². The molecular formula is C20H19FN2O5S. The number of para-hydroxylation sites is 1. The van der Waals surface area contributed by atoms with Crippen LogP contribution in [0.15, 0.2) is 41.4 Å². The Bertz CT molecular complexity index is 1110. The normalized spacial score (nSPS) is 11.5. The zero-order chi connectivity index (χ0) is 21.0. The van der Waals surface area contributed by atoms with Gasteiger partial charge in [0.2, 0.25) is 0 Å². The SMILES string of the molecule is CCOC(=O)Cn1c(=NC(=O)c2c(OC)cccc2OC)sc2cccc(F)c21. The lowest BCUT2D eigenvalue weighted by molar-refractivity contribution is -0.143. The van der Waals surface area contributed by atoms with E-state index in [1.54, 1.807) is 37.3 Å². The molecule has 1 amide bonds. The van der Waals surface area contributed by atoms with Crippen molar-refractivity contribution in [2.45, 2.75) is 13.5 Å². The van der Waals surface area contributed by atoms with Gasteiger partial charge in [0, 0.05) is 0 Å². The lowest BCUT2D eigenvalue weighted by Crippen LogP contribution is -2.23. The van der Waals surface area contributed by atoms with Crippen LogP contribution in [0.5, 0.6) is 11.5 Å². The van der Waals surface area contributed by atoms with E-state index in [1.807, 2.05) is 0 Å². The molecule has 0 unspecified atom stereocenters. The second kappa shape index (κ2) is 8.87. The van der Waals surface area contributed by atoms with Gasteiger partial charge in [-0.05, 0) is 31.2 Å². The number of ether oxygens (including phenoxy) is 3. The Hall–Kier alpha value is -3.20. The Kier molecular flexibility index (Phi) is 6.28. The van der Waals surface area contributed by atoms with Crippen molar-refractivity contribution >= 4 is 33.4 Å². The minimum atomic E-state index is -0.635. The number of esters is 1. The summed E-state index contributed by atoms with van der Waals surface area (Å²) in [5, 5.41) is 0. The quantitative estimate of drug-likeness (QED) is 0.575. The van der Waals surface area contributed by atoms with Crippen LogP contribution in [0.4, 0.5) is 4.39 Å². The summed E-state index contributed by atoms with van der Waals surface area (Å²) in [6.07, 6.45) is 0. The molecule has 7 nitrogen and oxygen atoms in total. The molecule has 9 heteroatoms. The molecule has 0 atom stereocenters. The van der Waals surface area contributed by atoms with Crippen molar-refractivity contribution in [2.75, 3.05) is 20.8 Å². The van der Waals surface area contributed by atoms with Crippen molar-refractivity contribution in [3.63, 3.8) is 0 Å². The zero-order valence-corrected chi connectivity index (χ0v) is 16.9. The smallest absolute Gasteiger partial charge is 0.326 e. The molecule has 1 aromatic heterocycles. The van der Waals surface area contributed by atoms with Crippen LogP contribution in [-0.2, 0) is 16.1 Å². The van der Waals surface area contributed by atoms with Crippen LogP contribution in [0, 0.1) is 5.82 Å². The highest BCUT2D eigenvalue weighted by molar-refractivity contribution is 7.16. The molecular weight excluding hydrogens is 399 g/mol. The molecule has 1 heterocycles. The first-order chi connectivity index (χ1) is 14.0.